The second-order valence-corrected chi connectivity index (χ2v) is 5.89. The monoisotopic (exact) mass is 323 g/mol. The molecular weight excluding hydrogens is 302 g/mol. The van der Waals surface area contributed by atoms with Crippen molar-refractivity contribution >= 4 is 16.9 Å². The number of amides is 1. The van der Waals surface area contributed by atoms with E-state index in [-0.39, 0.29) is 5.91 Å². The van der Waals surface area contributed by atoms with Crippen LogP contribution < -0.4 is 5.32 Å². The summed E-state index contributed by atoms with van der Waals surface area (Å²) in [6.07, 6.45) is -0.104. The number of imidazole rings is 1. The molecule has 0 aliphatic rings. The third-order valence-electron chi connectivity index (χ3n) is 4.25. The molecule has 1 atom stereocenters. The highest BCUT2D eigenvalue weighted by molar-refractivity contribution is 5.97. The van der Waals surface area contributed by atoms with Gasteiger partial charge in [-0.15, -0.1) is 0 Å². The fraction of sp³-hybridized carbons (Fsp3) is 0.263. The maximum atomic E-state index is 12.3. The molecule has 3 aromatic rings. The predicted molar refractivity (Wildman–Crippen MR) is 93.8 cm³/mol. The Morgan fingerprint density at radius 1 is 1.25 bits per heavy atom. The first-order valence-corrected chi connectivity index (χ1v) is 8.00. The molecule has 1 unspecified atom stereocenters. The average molecular weight is 323 g/mol. The Bertz CT molecular complexity index is 856. The van der Waals surface area contributed by atoms with Crippen molar-refractivity contribution in [3.8, 4) is 0 Å². The Kier molecular flexibility index (Phi) is 4.62. The highest BCUT2D eigenvalue weighted by Gasteiger charge is 2.11. The largest absolute Gasteiger partial charge is 0.388 e. The molecule has 0 fully saturated rings. The molecule has 0 aliphatic heterocycles. The molecule has 0 bridgehead atoms. The van der Waals surface area contributed by atoms with Crippen molar-refractivity contribution < 1.29 is 9.90 Å². The van der Waals surface area contributed by atoms with Crippen molar-refractivity contribution in [1.29, 1.82) is 0 Å². The normalized spacial score (nSPS) is 12.3. The van der Waals surface area contributed by atoms with Crippen molar-refractivity contribution in [3.63, 3.8) is 0 Å². The van der Waals surface area contributed by atoms with E-state index in [0.29, 0.717) is 18.5 Å². The molecule has 3 rings (SSSR count). The molecule has 0 saturated carbocycles. The number of hydrogen-bond acceptors (Lipinski definition) is 3. The molecule has 0 radical (unpaired) electrons. The molecule has 0 saturated heterocycles. The number of hydrogen-bond donors (Lipinski definition) is 2. The van der Waals surface area contributed by atoms with Crippen LogP contribution in [0.3, 0.4) is 0 Å². The van der Waals surface area contributed by atoms with Gasteiger partial charge in [-0.1, -0.05) is 30.3 Å². The lowest BCUT2D eigenvalue weighted by Crippen LogP contribution is -2.25. The molecule has 1 amide bonds. The van der Waals surface area contributed by atoms with Gasteiger partial charge < -0.3 is 15.0 Å². The van der Waals surface area contributed by atoms with E-state index in [1.807, 2.05) is 54.9 Å². The van der Waals surface area contributed by atoms with Crippen molar-refractivity contribution in [2.75, 3.05) is 6.54 Å². The first kappa shape index (κ1) is 16.2. The van der Waals surface area contributed by atoms with E-state index in [4.69, 9.17) is 0 Å². The van der Waals surface area contributed by atoms with Gasteiger partial charge in [0, 0.05) is 19.2 Å². The molecule has 0 aliphatic carbocycles. The van der Waals surface area contributed by atoms with Gasteiger partial charge in [0.25, 0.3) is 5.91 Å². The Morgan fingerprint density at radius 2 is 2.00 bits per heavy atom. The summed E-state index contributed by atoms with van der Waals surface area (Å²) in [5.41, 5.74) is 3.25. The summed E-state index contributed by atoms with van der Waals surface area (Å²) in [4.78, 5) is 16.7. The van der Waals surface area contributed by atoms with Crippen molar-refractivity contribution in [3.05, 3.63) is 65.5 Å². The van der Waals surface area contributed by atoms with Crippen LogP contribution in [0.1, 0.15) is 34.3 Å². The molecule has 5 heteroatoms. The summed E-state index contributed by atoms with van der Waals surface area (Å²) in [5.74, 6) is 0.758. The number of aromatic nitrogens is 2. The summed E-state index contributed by atoms with van der Waals surface area (Å²) in [7, 11) is 1.95. The smallest absolute Gasteiger partial charge is 0.251 e. The third-order valence-corrected chi connectivity index (χ3v) is 4.25. The van der Waals surface area contributed by atoms with Gasteiger partial charge in [-0.05, 0) is 37.1 Å². The predicted octanol–water partition coefficient (Wildman–Crippen LogP) is 2.74. The minimum absolute atomic E-state index is 0.152. The molecule has 5 nitrogen and oxygen atoms in total. The van der Waals surface area contributed by atoms with Crippen LogP contribution >= 0.6 is 0 Å². The number of rotatable bonds is 5. The maximum Gasteiger partial charge on any atom is 0.251 e. The first-order chi connectivity index (χ1) is 11.6. The summed E-state index contributed by atoms with van der Waals surface area (Å²) in [6.45, 7) is 2.35. The van der Waals surface area contributed by atoms with Gasteiger partial charge >= 0.3 is 0 Å². The van der Waals surface area contributed by atoms with Crippen molar-refractivity contribution in [2.24, 2.45) is 7.05 Å². The highest BCUT2D eigenvalue weighted by atomic mass is 16.3. The van der Waals surface area contributed by atoms with Crippen LogP contribution in [0.4, 0.5) is 0 Å². The summed E-state index contributed by atoms with van der Waals surface area (Å²) < 4.78 is 1.99. The fourth-order valence-corrected chi connectivity index (χ4v) is 2.73. The lowest BCUT2D eigenvalue weighted by molar-refractivity contribution is 0.0942. The number of fused-ring (bicyclic) bond motifs is 1. The lowest BCUT2D eigenvalue weighted by Gasteiger charge is -2.11. The highest BCUT2D eigenvalue weighted by Crippen LogP contribution is 2.17. The number of aliphatic hydroxyl groups excluding tert-OH is 1. The van der Waals surface area contributed by atoms with Crippen LogP contribution in [0.2, 0.25) is 0 Å². The van der Waals surface area contributed by atoms with Gasteiger partial charge in [0.1, 0.15) is 5.82 Å². The lowest BCUT2D eigenvalue weighted by atomic mass is 10.1. The zero-order chi connectivity index (χ0) is 17.1. The van der Waals surface area contributed by atoms with Gasteiger partial charge in [-0.25, -0.2) is 4.98 Å². The molecule has 2 N–H and O–H groups in total. The second kappa shape index (κ2) is 6.84. The van der Waals surface area contributed by atoms with E-state index >= 15 is 0 Å². The quantitative estimate of drug-likeness (QED) is 0.759. The zero-order valence-electron chi connectivity index (χ0n) is 13.9. The number of nitrogens with zero attached hydrogens (tertiary/aromatic N) is 2. The maximum absolute atomic E-state index is 12.3. The molecule has 2 aromatic carbocycles. The van der Waals surface area contributed by atoms with Crippen LogP contribution in [0.15, 0.2) is 48.5 Å². The standard InChI is InChI=1S/C19H21N3O2/c1-13-21-16-12-15(8-9-17(16)22(13)2)19(24)20-11-10-18(23)14-6-4-3-5-7-14/h3-9,12,18,23H,10-11H2,1-2H3,(H,20,24). The van der Waals surface area contributed by atoms with Crippen molar-refractivity contribution in [2.45, 2.75) is 19.4 Å². The molecule has 124 valence electrons. The Morgan fingerprint density at radius 3 is 2.75 bits per heavy atom. The second-order valence-electron chi connectivity index (χ2n) is 5.89. The van der Waals surface area contributed by atoms with Gasteiger partial charge in [0.15, 0.2) is 0 Å². The minimum Gasteiger partial charge on any atom is -0.388 e. The van der Waals surface area contributed by atoms with Gasteiger partial charge in [-0.2, -0.15) is 0 Å². The van der Waals surface area contributed by atoms with Gasteiger partial charge in [0.05, 0.1) is 17.1 Å². The van der Waals surface area contributed by atoms with Gasteiger partial charge in [-0.3, -0.25) is 4.79 Å². The van der Waals surface area contributed by atoms with Crippen LogP contribution in [-0.4, -0.2) is 27.1 Å². The zero-order valence-corrected chi connectivity index (χ0v) is 13.9. The topological polar surface area (TPSA) is 67.2 Å². The molecule has 1 aromatic heterocycles. The van der Waals surface area contributed by atoms with E-state index in [1.54, 1.807) is 12.1 Å². The number of carbonyl (C=O) groups excluding carboxylic acids is 1. The Hall–Kier alpha value is -2.66. The first-order valence-electron chi connectivity index (χ1n) is 8.00. The van der Waals surface area contributed by atoms with Crippen LogP contribution in [0, 0.1) is 6.92 Å². The SMILES string of the molecule is Cc1nc2cc(C(=O)NCCC(O)c3ccccc3)ccc2n1C. The third kappa shape index (κ3) is 3.31. The summed E-state index contributed by atoms with van der Waals surface area (Å²) in [5, 5.41) is 13.0. The van der Waals surface area contributed by atoms with Gasteiger partial charge in [0.2, 0.25) is 0 Å². The van der Waals surface area contributed by atoms with Crippen LogP contribution in [0.5, 0.6) is 0 Å². The minimum atomic E-state index is -0.576. The number of aryl methyl sites for hydroxylation is 2. The average Bonchev–Trinajstić information content (AvgIpc) is 2.89. The fourth-order valence-electron chi connectivity index (χ4n) is 2.73. The van der Waals surface area contributed by atoms with E-state index in [1.165, 1.54) is 0 Å². The summed E-state index contributed by atoms with van der Waals surface area (Å²) in [6, 6.07) is 14.9. The van der Waals surface area contributed by atoms with E-state index in [2.05, 4.69) is 10.3 Å². The van der Waals surface area contributed by atoms with E-state index < -0.39 is 6.10 Å². The number of aliphatic hydroxyl groups is 1. The molecule has 1 heterocycles. The molecule has 24 heavy (non-hydrogen) atoms. The van der Waals surface area contributed by atoms with E-state index in [9.17, 15) is 9.90 Å². The van der Waals surface area contributed by atoms with Crippen LogP contribution in [0.25, 0.3) is 11.0 Å². The number of benzene rings is 2. The van der Waals surface area contributed by atoms with E-state index in [0.717, 1.165) is 22.4 Å². The number of nitrogens with one attached hydrogen (secondary N) is 1. The Labute approximate surface area is 141 Å². The van der Waals surface area contributed by atoms with Crippen LogP contribution in [-0.2, 0) is 7.05 Å². The molecule has 0 spiro atoms. The summed E-state index contributed by atoms with van der Waals surface area (Å²) >= 11 is 0. The number of carbonyl (C=O) groups is 1. The molecular formula is C19H21N3O2. The van der Waals surface area contributed by atoms with Crippen molar-refractivity contribution in [1.82, 2.24) is 14.9 Å². The Balaban J connectivity index is 1.61.